The first-order chi connectivity index (χ1) is 11.1. The van der Waals surface area contributed by atoms with Gasteiger partial charge >= 0.3 is 6.03 Å². The van der Waals surface area contributed by atoms with Crippen molar-refractivity contribution in [3.8, 4) is 5.75 Å². The molecular weight excluding hydrogens is 288 g/mol. The molecule has 2 aromatic carbocycles. The van der Waals surface area contributed by atoms with E-state index in [9.17, 15) is 9.90 Å². The number of benzene rings is 2. The molecule has 122 valence electrons. The molecule has 0 aliphatic rings. The number of aryl methyl sites for hydroxylation is 2. The third-order valence-electron chi connectivity index (χ3n) is 3.83. The lowest BCUT2D eigenvalue weighted by molar-refractivity contribution is 0.248. The van der Waals surface area contributed by atoms with Crippen molar-refractivity contribution < 1.29 is 9.90 Å². The quantitative estimate of drug-likeness (QED) is 0.752. The summed E-state index contributed by atoms with van der Waals surface area (Å²) in [7, 11) is 0. The number of anilines is 1. The van der Waals surface area contributed by atoms with Crippen molar-refractivity contribution in [1.82, 2.24) is 5.32 Å². The molecule has 0 aliphatic carbocycles. The molecule has 0 radical (unpaired) electrons. The Bertz CT molecular complexity index is 638. The predicted octanol–water partition coefficient (Wildman–Crippen LogP) is 4.10. The van der Waals surface area contributed by atoms with Gasteiger partial charge in [0.05, 0.1) is 0 Å². The van der Waals surface area contributed by atoms with Crippen LogP contribution in [0.2, 0.25) is 0 Å². The number of hydrogen-bond donors (Lipinski definition) is 3. The maximum absolute atomic E-state index is 12.1. The minimum absolute atomic E-state index is 0.0672. The van der Waals surface area contributed by atoms with E-state index in [0.717, 1.165) is 36.1 Å². The summed E-state index contributed by atoms with van der Waals surface area (Å²) in [6, 6.07) is 14.9. The third kappa shape index (κ3) is 5.33. The summed E-state index contributed by atoms with van der Waals surface area (Å²) in [5, 5.41) is 15.1. The van der Waals surface area contributed by atoms with Crippen LogP contribution < -0.4 is 10.6 Å². The normalized spacial score (nSPS) is 11.7. The summed E-state index contributed by atoms with van der Waals surface area (Å²) < 4.78 is 0. The number of rotatable bonds is 6. The monoisotopic (exact) mass is 312 g/mol. The highest BCUT2D eigenvalue weighted by Gasteiger charge is 2.09. The van der Waals surface area contributed by atoms with Crippen LogP contribution in [0, 0.1) is 0 Å². The van der Waals surface area contributed by atoms with E-state index in [1.54, 1.807) is 12.1 Å². The largest absolute Gasteiger partial charge is 0.508 e. The van der Waals surface area contributed by atoms with Crippen molar-refractivity contribution >= 4 is 11.7 Å². The summed E-state index contributed by atoms with van der Waals surface area (Å²) in [5.74, 6) is 0.272. The Labute approximate surface area is 137 Å². The number of amides is 2. The topological polar surface area (TPSA) is 61.4 Å². The number of nitrogens with one attached hydrogen (secondary N) is 2. The molecule has 0 fully saturated rings. The summed E-state index contributed by atoms with van der Waals surface area (Å²) in [4.78, 5) is 12.1. The van der Waals surface area contributed by atoms with Gasteiger partial charge in [0.15, 0.2) is 0 Å². The molecular formula is C19H24N2O2. The van der Waals surface area contributed by atoms with Crippen LogP contribution in [0.3, 0.4) is 0 Å². The Morgan fingerprint density at radius 2 is 1.83 bits per heavy atom. The Balaban J connectivity index is 1.81. The zero-order valence-corrected chi connectivity index (χ0v) is 13.7. The van der Waals surface area contributed by atoms with E-state index in [0.29, 0.717) is 0 Å². The lowest BCUT2D eigenvalue weighted by Crippen LogP contribution is -2.36. The molecule has 0 saturated heterocycles. The van der Waals surface area contributed by atoms with Crippen molar-refractivity contribution in [1.29, 1.82) is 0 Å². The molecule has 0 aromatic heterocycles. The number of hydrogen-bond acceptors (Lipinski definition) is 2. The van der Waals surface area contributed by atoms with E-state index >= 15 is 0 Å². The van der Waals surface area contributed by atoms with Gasteiger partial charge in [0.2, 0.25) is 0 Å². The SMILES string of the molecule is CCc1ccccc1NC(=O)NC(C)CCc1ccc(O)cc1. The summed E-state index contributed by atoms with van der Waals surface area (Å²) in [6.07, 6.45) is 2.58. The fourth-order valence-electron chi connectivity index (χ4n) is 2.45. The lowest BCUT2D eigenvalue weighted by atomic mass is 10.1. The highest BCUT2D eigenvalue weighted by Crippen LogP contribution is 2.15. The zero-order valence-electron chi connectivity index (χ0n) is 13.7. The Morgan fingerprint density at radius 1 is 1.13 bits per heavy atom. The van der Waals surface area contributed by atoms with Crippen molar-refractivity contribution in [2.24, 2.45) is 0 Å². The van der Waals surface area contributed by atoms with Crippen LogP contribution in [0.5, 0.6) is 5.75 Å². The maximum atomic E-state index is 12.1. The van der Waals surface area contributed by atoms with Gasteiger partial charge in [-0.1, -0.05) is 37.3 Å². The molecule has 0 aliphatic heterocycles. The standard InChI is InChI=1S/C19H24N2O2/c1-3-16-6-4-5-7-18(16)21-19(23)20-14(2)8-9-15-10-12-17(22)13-11-15/h4-7,10-14,22H,3,8-9H2,1-2H3,(H2,20,21,23). The number of phenolic OH excluding ortho intramolecular Hbond substituents is 1. The van der Waals surface area contributed by atoms with Crippen LogP contribution in [-0.4, -0.2) is 17.2 Å². The van der Waals surface area contributed by atoms with Crippen LogP contribution >= 0.6 is 0 Å². The first-order valence-corrected chi connectivity index (χ1v) is 8.01. The van der Waals surface area contributed by atoms with Gasteiger partial charge in [0, 0.05) is 11.7 Å². The van der Waals surface area contributed by atoms with Gasteiger partial charge in [-0.15, -0.1) is 0 Å². The highest BCUT2D eigenvalue weighted by atomic mass is 16.3. The van der Waals surface area contributed by atoms with E-state index in [1.807, 2.05) is 43.3 Å². The van der Waals surface area contributed by atoms with Gasteiger partial charge in [-0.25, -0.2) is 4.79 Å². The molecule has 0 saturated carbocycles. The number of urea groups is 1. The molecule has 4 heteroatoms. The molecule has 0 spiro atoms. The number of phenols is 1. The second-order valence-electron chi connectivity index (χ2n) is 5.72. The molecule has 1 unspecified atom stereocenters. The minimum Gasteiger partial charge on any atom is -0.508 e. The van der Waals surface area contributed by atoms with Gasteiger partial charge in [0.25, 0.3) is 0 Å². The average molecular weight is 312 g/mol. The molecule has 4 nitrogen and oxygen atoms in total. The van der Waals surface area contributed by atoms with Crippen molar-refractivity contribution in [3.63, 3.8) is 0 Å². The second-order valence-corrected chi connectivity index (χ2v) is 5.72. The van der Waals surface area contributed by atoms with Crippen molar-refractivity contribution in [3.05, 3.63) is 59.7 Å². The fraction of sp³-hybridized carbons (Fsp3) is 0.316. The number of carbonyl (C=O) groups is 1. The maximum Gasteiger partial charge on any atom is 0.319 e. The molecule has 23 heavy (non-hydrogen) atoms. The zero-order chi connectivity index (χ0) is 16.7. The minimum atomic E-state index is -0.177. The van der Waals surface area contributed by atoms with Gasteiger partial charge < -0.3 is 15.7 Å². The number of carbonyl (C=O) groups excluding carboxylic acids is 1. The molecule has 0 bridgehead atoms. The Hall–Kier alpha value is -2.49. The van der Waals surface area contributed by atoms with Gasteiger partial charge in [-0.2, -0.15) is 0 Å². The van der Waals surface area contributed by atoms with Crippen LogP contribution in [0.25, 0.3) is 0 Å². The molecule has 0 heterocycles. The van der Waals surface area contributed by atoms with Gasteiger partial charge in [0.1, 0.15) is 5.75 Å². The summed E-state index contributed by atoms with van der Waals surface area (Å²) >= 11 is 0. The first-order valence-electron chi connectivity index (χ1n) is 8.01. The van der Waals surface area contributed by atoms with Gasteiger partial charge in [-0.05, 0) is 55.5 Å². The van der Waals surface area contributed by atoms with E-state index in [1.165, 1.54) is 0 Å². The fourth-order valence-corrected chi connectivity index (χ4v) is 2.45. The third-order valence-corrected chi connectivity index (χ3v) is 3.83. The first kappa shape index (κ1) is 16.9. The second kappa shape index (κ2) is 8.22. The Morgan fingerprint density at radius 3 is 2.52 bits per heavy atom. The molecule has 2 rings (SSSR count). The molecule has 3 N–H and O–H groups in total. The highest BCUT2D eigenvalue weighted by molar-refractivity contribution is 5.90. The molecule has 2 aromatic rings. The Kier molecular flexibility index (Phi) is 6.03. The average Bonchev–Trinajstić information content (AvgIpc) is 2.54. The van der Waals surface area contributed by atoms with E-state index in [2.05, 4.69) is 17.6 Å². The summed E-state index contributed by atoms with van der Waals surface area (Å²) in [6.45, 7) is 4.06. The number of aromatic hydroxyl groups is 1. The lowest BCUT2D eigenvalue weighted by Gasteiger charge is -2.16. The van der Waals surface area contributed by atoms with Crippen molar-refractivity contribution in [2.75, 3.05) is 5.32 Å². The van der Waals surface area contributed by atoms with Crippen LogP contribution in [0.4, 0.5) is 10.5 Å². The van der Waals surface area contributed by atoms with Crippen molar-refractivity contribution in [2.45, 2.75) is 39.2 Å². The van der Waals surface area contributed by atoms with E-state index in [-0.39, 0.29) is 17.8 Å². The molecule has 1 atom stereocenters. The predicted molar refractivity (Wildman–Crippen MR) is 93.9 cm³/mol. The van der Waals surface area contributed by atoms with E-state index < -0.39 is 0 Å². The number of para-hydroxylation sites is 1. The van der Waals surface area contributed by atoms with Gasteiger partial charge in [-0.3, -0.25) is 0 Å². The smallest absolute Gasteiger partial charge is 0.319 e. The van der Waals surface area contributed by atoms with E-state index in [4.69, 9.17) is 0 Å². The summed E-state index contributed by atoms with van der Waals surface area (Å²) in [5.41, 5.74) is 3.13. The van der Waals surface area contributed by atoms with Crippen LogP contribution in [0.15, 0.2) is 48.5 Å². The van der Waals surface area contributed by atoms with Crippen LogP contribution in [0.1, 0.15) is 31.4 Å². The molecule has 2 amide bonds. The van der Waals surface area contributed by atoms with Crippen LogP contribution in [-0.2, 0) is 12.8 Å².